The molecule has 0 aliphatic carbocycles. The number of ether oxygens (including phenoxy) is 1. The highest BCUT2D eigenvalue weighted by Gasteiger charge is 2.31. The van der Waals surface area contributed by atoms with Crippen molar-refractivity contribution < 1.29 is 38.0 Å². The number of rotatable bonds is 15. The van der Waals surface area contributed by atoms with Gasteiger partial charge < -0.3 is 33.2 Å². The largest absolute Gasteiger partial charge is 1.00 e. The van der Waals surface area contributed by atoms with Crippen LogP contribution in [0.25, 0.3) is 0 Å². The molecule has 0 bridgehead atoms. The lowest BCUT2D eigenvalue weighted by atomic mass is 10.0. The van der Waals surface area contributed by atoms with Crippen molar-refractivity contribution in [3.05, 3.63) is 35.9 Å². The lowest BCUT2D eigenvalue weighted by Gasteiger charge is -2.41. The van der Waals surface area contributed by atoms with E-state index in [1.54, 1.807) is 0 Å². The number of amides is 1. The molecular formula is C27H47IN2O2. The van der Waals surface area contributed by atoms with Gasteiger partial charge in [0.05, 0.1) is 39.8 Å². The predicted octanol–water partition coefficient (Wildman–Crippen LogP) is 3.79. The van der Waals surface area contributed by atoms with Crippen LogP contribution < -0.4 is 24.0 Å². The standard InChI is InChI=1S/C27H47N2O2.HI/c1-3-4-5-6-7-8-9-10-11-12-13-17-22-29(2)23-20-28(21-24-29)27(30)31-25-26-18-15-14-16-19-26;/h14-16,18-19H,3-13,17,20-25H2,1-2H3;1H/q+1;/p-1. The van der Waals surface area contributed by atoms with Crippen LogP contribution in [0.2, 0.25) is 0 Å². The first kappa shape index (κ1) is 29.2. The molecule has 1 aromatic carbocycles. The number of carbonyl (C=O) groups excluding carboxylic acids is 1. The van der Waals surface area contributed by atoms with Crippen molar-refractivity contribution in [2.24, 2.45) is 0 Å². The van der Waals surface area contributed by atoms with E-state index in [9.17, 15) is 4.79 Å². The summed E-state index contributed by atoms with van der Waals surface area (Å²) in [6, 6.07) is 9.91. The first-order valence-corrected chi connectivity index (χ1v) is 12.9. The molecule has 0 saturated carbocycles. The van der Waals surface area contributed by atoms with Gasteiger partial charge in [0.15, 0.2) is 0 Å². The van der Waals surface area contributed by atoms with Gasteiger partial charge in [0.1, 0.15) is 6.61 Å². The molecule has 184 valence electrons. The Kier molecular flexibility index (Phi) is 16.1. The Balaban J connectivity index is 0.00000512. The van der Waals surface area contributed by atoms with Crippen molar-refractivity contribution in [2.75, 3.05) is 39.8 Å². The lowest BCUT2D eigenvalue weighted by molar-refractivity contribution is -0.913. The number of halogens is 1. The van der Waals surface area contributed by atoms with Crippen molar-refractivity contribution in [1.82, 2.24) is 4.90 Å². The number of piperazine rings is 1. The third-order valence-electron chi connectivity index (χ3n) is 6.83. The summed E-state index contributed by atoms with van der Waals surface area (Å²) in [5, 5.41) is 0. The molecule has 5 heteroatoms. The van der Waals surface area contributed by atoms with E-state index in [2.05, 4.69) is 14.0 Å². The minimum absolute atomic E-state index is 0. The first-order valence-electron chi connectivity index (χ1n) is 12.9. The van der Waals surface area contributed by atoms with Crippen LogP contribution in [0.1, 0.15) is 89.5 Å². The number of quaternary nitrogens is 1. The van der Waals surface area contributed by atoms with Gasteiger partial charge in [-0.15, -0.1) is 0 Å². The van der Waals surface area contributed by atoms with E-state index in [4.69, 9.17) is 4.74 Å². The molecule has 32 heavy (non-hydrogen) atoms. The summed E-state index contributed by atoms with van der Waals surface area (Å²) in [6.45, 7) is 7.58. The highest BCUT2D eigenvalue weighted by Crippen LogP contribution is 2.16. The average Bonchev–Trinajstić information content (AvgIpc) is 2.79. The number of carbonyl (C=O) groups is 1. The van der Waals surface area contributed by atoms with Gasteiger partial charge in [-0.2, -0.15) is 0 Å². The van der Waals surface area contributed by atoms with Crippen molar-refractivity contribution in [2.45, 2.75) is 90.6 Å². The Morgan fingerprint density at radius 3 is 1.88 bits per heavy atom. The minimum atomic E-state index is -0.166. The molecule has 1 amide bonds. The maximum atomic E-state index is 12.4. The van der Waals surface area contributed by atoms with E-state index in [1.165, 1.54) is 83.6 Å². The Labute approximate surface area is 214 Å². The number of likely N-dealkylation sites (N-methyl/N-ethyl adjacent to an activating group) is 1. The van der Waals surface area contributed by atoms with Gasteiger partial charge in [0, 0.05) is 0 Å². The fourth-order valence-electron chi connectivity index (χ4n) is 4.50. The van der Waals surface area contributed by atoms with Crippen LogP contribution in [-0.4, -0.2) is 55.2 Å². The maximum Gasteiger partial charge on any atom is 0.410 e. The average molecular weight is 559 g/mol. The summed E-state index contributed by atoms with van der Waals surface area (Å²) in [6.07, 6.45) is 16.6. The van der Waals surface area contributed by atoms with Crippen molar-refractivity contribution in [3.63, 3.8) is 0 Å². The quantitative estimate of drug-likeness (QED) is 0.186. The molecule has 0 radical (unpaired) electrons. The summed E-state index contributed by atoms with van der Waals surface area (Å²) in [5.74, 6) is 0. The molecule has 0 spiro atoms. The number of hydrogen-bond donors (Lipinski definition) is 0. The third-order valence-corrected chi connectivity index (χ3v) is 6.83. The molecule has 0 unspecified atom stereocenters. The SMILES string of the molecule is CCCCCCCCCCCCCC[N+]1(C)CCN(C(=O)OCc2ccccc2)CC1.[I-]. The second-order valence-electron chi connectivity index (χ2n) is 9.71. The number of unbranched alkanes of at least 4 members (excludes halogenated alkanes) is 11. The second-order valence-corrected chi connectivity index (χ2v) is 9.71. The van der Waals surface area contributed by atoms with Crippen LogP contribution in [0.4, 0.5) is 4.79 Å². The van der Waals surface area contributed by atoms with Crippen LogP contribution in [0.5, 0.6) is 0 Å². The highest BCUT2D eigenvalue weighted by molar-refractivity contribution is 5.67. The second kappa shape index (κ2) is 17.6. The van der Waals surface area contributed by atoms with E-state index < -0.39 is 0 Å². The van der Waals surface area contributed by atoms with E-state index >= 15 is 0 Å². The van der Waals surface area contributed by atoms with Gasteiger partial charge in [-0.25, -0.2) is 4.79 Å². The zero-order valence-corrected chi connectivity index (χ0v) is 22.9. The Hall–Kier alpha value is -0.820. The van der Waals surface area contributed by atoms with Gasteiger partial charge in [-0.1, -0.05) is 101 Å². The number of nitrogens with zero attached hydrogens (tertiary/aromatic N) is 2. The Morgan fingerprint density at radius 2 is 1.34 bits per heavy atom. The number of benzene rings is 1. The molecule has 1 aliphatic rings. The summed E-state index contributed by atoms with van der Waals surface area (Å²) >= 11 is 0. The molecule has 4 nitrogen and oxygen atoms in total. The zero-order valence-electron chi connectivity index (χ0n) is 20.7. The van der Waals surface area contributed by atoms with Crippen LogP contribution in [0.15, 0.2) is 30.3 Å². The molecule has 0 atom stereocenters. The fourth-order valence-corrected chi connectivity index (χ4v) is 4.50. The number of hydrogen-bond acceptors (Lipinski definition) is 2. The van der Waals surface area contributed by atoms with Crippen LogP contribution in [0.3, 0.4) is 0 Å². The van der Waals surface area contributed by atoms with E-state index in [1.807, 2.05) is 35.2 Å². The summed E-state index contributed by atoms with van der Waals surface area (Å²) in [7, 11) is 2.35. The molecule has 1 fully saturated rings. The van der Waals surface area contributed by atoms with Crippen molar-refractivity contribution in [1.29, 1.82) is 0 Å². The van der Waals surface area contributed by atoms with Crippen LogP contribution in [0, 0.1) is 0 Å². The summed E-state index contributed by atoms with van der Waals surface area (Å²) in [5.41, 5.74) is 1.04. The van der Waals surface area contributed by atoms with Gasteiger partial charge in [-0.3, -0.25) is 4.90 Å². The zero-order chi connectivity index (χ0) is 22.2. The molecular weight excluding hydrogens is 511 g/mol. The van der Waals surface area contributed by atoms with Crippen LogP contribution >= 0.6 is 0 Å². The molecule has 0 N–H and O–H groups in total. The van der Waals surface area contributed by atoms with Gasteiger partial charge in [0.2, 0.25) is 0 Å². The van der Waals surface area contributed by atoms with Gasteiger partial charge in [0.25, 0.3) is 0 Å². The third kappa shape index (κ3) is 12.4. The molecule has 1 saturated heterocycles. The highest BCUT2D eigenvalue weighted by atomic mass is 127. The molecule has 2 rings (SSSR count). The topological polar surface area (TPSA) is 29.5 Å². The predicted molar refractivity (Wildman–Crippen MR) is 130 cm³/mol. The maximum absolute atomic E-state index is 12.4. The summed E-state index contributed by atoms with van der Waals surface area (Å²) in [4.78, 5) is 14.2. The Morgan fingerprint density at radius 1 is 0.844 bits per heavy atom. The first-order chi connectivity index (χ1) is 15.1. The molecule has 1 heterocycles. The minimum Gasteiger partial charge on any atom is -1.00 e. The monoisotopic (exact) mass is 558 g/mol. The summed E-state index contributed by atoms with van der Waals surface area (Å²) < 4.78 is 6.59. The van der Waals surface area contributed by atoms with Gasteiger partial charge in [-0.05, 0) is 18.4 Å². The smallest absolute Gasteiger partial charge is 0.410 e. The molecule has 0 aromatic heterocycles. The van der Waals surface area contributed by atoms with E-state index in [0.29, 0.717) is 6.61 Å². The molecule has 1 aliphatic heterocycles. The fraction of sp³-hybridized carbons (Fsp3) is 0.741. The van der Waals surface area contributed by atoms with Gasteiger partial charge >= 0.3 is 6.09 Å². The Bertz CT molecular complexity index is 589. The van der Waals surface area contributed by atoms with E-state index in [-0.39, 0.29) is 30.1 Å². The lowest BCUT2D eigenvalue weighted by Crippen LogP contribution is -3.00. The van der Waals surface area contributed by atoms with Crippen molar-refractivity contribution in [3.8, 4) is 0 Å². The van der Waals surface area contributed by atoms with Crippen LogP contribution in [-0.2, 0) is 11.3 Å². The molecule has 1 aromatic rings. The normalized spacial score (nSPS) is 15.2. The van der Waals surface area contributed by atoms with Crippen molar-refractivity contribution >= 4 is 6.09 Å². The van der Waals surface area contributed by atoms with E-state index in [0.717, 1.165) is 36.2 Å².